The second kappa shape index (κ2) is 12.8. The van der Waals surface area contributed by atoms with Gasteiger partial charge in [0.05, 0.1) is 22.6 Å². The molecule has 3 heterocycles. The molecule has 1 saturated carbocycles. The number of piperidine rings is 2. The molecule has 2 aliphatic heterocycles. The number of fused-ring (bicyclic) bond motifs is 4. The van der Waals surface area contributed by atoms with Crippen LogP contribution in [0, 0.1) is 16.7 Å². The van der Waals surface area contributed by atoms with Gasteiger partial charge in [-0.1, -0.05) is 109 Å². The number of nitriles is 1. The van der Waals surface area contributed by atoms with Crippen LogP contribution in [0.5, 0.6) is 0 Å². The van der Waals surface area contributed by atoms with Crippen LogP contribution in [0.25, 0.3) is 22.0 Å². The lowest BCUT2D eigenvalue weighted by Crippen LogP contribution is -2.59. The molecule has 0 radical (unpaired) electrons. The average Bonchev–Trinajstić information content (AvgIpc) is 3.54. The minimum atomic E-state index is -0.995. The second-order valence-corrected chi connectivity index (χ2v) is 13.9. The van der Waals surface area contributed by atoms with Crippen LogP contribution in [0.15, 0.2) is 127 Å². The van der Waals surface area contributed by atoms with Crippen LogP contribution < -0.4 is 5.32 Å². The van der Waals surface area contributed by atoms with Crippen molar-refractivity contribution in [2.24, 2.45) is 5.41 Å². The van der Waals surface area contributed by atoms with Gasteiger partial charge >= 0.3 is 6.09 Å². The van der Waals surface area contributed by atoms with E-state index in [1.54, 1.807) is 18.2 Å². The number of aromatic nitrogens is 2. The first-order valence-electron chi connectivity index (χ1n) is 17.0. The largest absolute Gasteiger partial charge is 0.465 e. The Balaban J connectivity index is 1.39. The van der Waals surface area contributed by atoms with Crippen molar-refractivity contribution >= 4 is 40.3 Å². The molecule has 5 aromatic carbocycles. The summed E-state index contributed by atoms with van der Waals surface area (Å²) in [4.78, 5) is 28.1. The fraction of sp³-hybridized carbons (Fsp3) is 0.190. The third-order valence-electron chi connectivity index (χ3n) is 10.8. The van der Waals surface area contributed by atoms with Gasteiger partial charge in [-0.05, 0) is 78.3 Å². The Labute approximate surface area is 300 Å². The highest BCUT2D eigenvalue weighted by Gasteiger charge is 2.51. The average molecular weight is 692 g/mol. The molecule has 1 aliphatic carbocycles. The molecule has 3 aliphatic rings. The van der Waals surface area contributed by atoms with Gasteiger partial charge in [-0.3, -0.25) is 4.79 Å². The van der Waals surface area contributed by atoms with E-state index >= 15 is 0 Å². The van der Waals surface area contributed by atoms with Crippen LogP contribution in [0.1, 0.15) is 47.9 Å². The first-order chi connectivity index (χ1) is 24.8. The normalized spacial score (nSPS) is 18.4. The molecule has 0 spiro atoms. The summed E-state index contributed by atoms with van der Waals surface area (Å²) >= 11 is 6.71. The molecule has 9 rings (SSSR count). The number of hydrogen-bond donors (Lipinski definition) is 2. The monoisotopic (exact) mass is 691 g/mol. The highest BCUT2D eigenvalue weighted by atomic mass is 35.5. The molecule has 9 heteroatoms. The van der Waals surface area contributed by atoms with Gasteiger partial charge in [-0.2, -0.15) is 10.4 Å². The molecule has 2 saturated heterocycles. The molecular weight excluding hydrogens is 658 g/mol. The third-order valence-corrected chi connectivity index (χ3v) is 11.1. The zero-order chi connectivity index (χ0) is 35.2. The fourth-order valence-corrected chi connectivity index (χ4v) is 8.42. The maximum absolute atomic E-state index is 14.5. The second-order valence-electron chi connectivity index (χ2n) is 13.5. The van der Waals surface area contributed by atoms with Crippen LogP contribution in [0.2, 0.25) is 5.02 Å². The van der Waals surface area contributed by atoms with Crippen molar-refractivity contribution in [3.05, 3.63) is 155 Å². The smallest absolute Gasteiger partial charge is 0.407 e. The number of carbonyl (C=O) groups is 2. The Morgan fingerprint density at radius 1 is 0.843 bits per heavy atom. The van der Waals surface area contributed by atoms with Crippen molar-refractivity contribution in [2.45, 2.75) is 37.3 Å². The maximum Gasteiger partial charge on any atom is 0.407 e. The summed E-state index contributed by atoms with van der Waals surface area (Å²) in [5.41, 5.74) is 3.77. The van der Waals surface area contributed by atoms with Crippen molar-refractivity contribution in [3.63, 3.8) is 0 Å². The van der Waals surface area contributed by atoms with E-state index in [4.69, 9.17) is 16.7 Å². The molecule has 2 bridgehead atoms. The molecule has 252 valence electrons. The zero-order valence-corrected chi connectivity index (χ0v) is 28.4. The van der Waals surface area contributed by atoms with E-state index in [2.05, 4.69) is 47.8 Å². The van der Waals surface area contributed by atoms with Gasteiger partial charge in [0, 0.05) is 28.6 Å². The Morgan fingerprint density at radius 3 is 1.98 bits per heavy atom. The van der Waals surface area contributed by atoms with E-state index in [0.717, 1.165) is 27.8 Å². The molecule has 2 N–H and O–H groups in total. The summed E-state index contributed by atoms with van der Waals surface area (Å²) in [6, 6.07) is 43.8. The van der Waals surface area contributed by atoms with Crippen LogP contribution in [-0.4, -0.2) is 44.4 Å². The molecule has 2 amide bonds. The molecular formula is C42H34ClN5O3. The summed E-state index contributed by atoms with van der Waals surface area (Å²) in [6.45, 7) is 0.154. The lowest BCUT2D eigenvalue weighted by atomic mass is 9.67. The lowest BCUT2D eigenvalue weighted by Gasteiger charge is -2.50. The number of hydrogen-bond acceptors (Lipinski definition) is 4. The van der Waals surface area contributed by atoms with Gasteiger partial charge in [-0.25, -0.2) is 9.48 Å². The third kappa shape index (κ3) is 5.33. The summed E-state index contributed by atoms with van der Waals surface area (Å²) in [5.74, 6) is 0.124. The van der Waals surface area contributed by atoms with Crippen molar-refractivity contribution in [2.75, 3.05) is 11.9 Å². The van der Waals surface area contributed by atoms with Crippen molar-refractivity contribution in [1.29, 1.82) is 5.26 Å². The van der Waals surface area contributed by atoms with Gasteiger partial charge in [0.2, 0.25) is 5.91 Å². The topological polar surface area (TPSA) is 111 Å². The molecule has 1 aromatic heterocycles. The molecule has 6 aromatic rings. The number of amides is 2. The number of nitrogens with one attached hydrogen (secondary N) is 1. The van der Waals surface area contributed by atoms with Gasteiger partial charge < -0.3 is 15.3 Å². The summed E-state index contributed by atoms with van der Waals surface area (Å²) in [5, 5.41) is 29.3. The Hall–Kier alpha value is -5.91. The first-order valence-corrected chi connectivity index (χ1v) is 17.4. The van der Waals surface area contributed by atoms with Crippen molar-refractivity contribution in [1.82, 2.24) is 14.7 Å². The Kier molecular flexibility index (Phi) is 8.08. The van der Waals surface area contributed by atoms with Crippen molar-refractivity contribution in [3.8, 4) is 17.2 Å². The zero-order valence-electron chi connectivity index (χ0n) is 27.7. The highest BCUT2D eigenvalue weighted by Crippen LogP contribution is 2.47. The molecule has 0 unspecified atom stereocenters. The van der Waals surface area contributed by atoms with Gasteiger partial charge in [-0.15, -0.1) is 0 Å². The number of carbonyl (C=O) groups excluding carboxylic acids is 1. The minimum absolute atomic E-state index is 0.0584. The SMILES string of the molecule is N#Cc1ccc(Cl)c(-c2ccc3c(c2)c(NC(=O)C24CCC(CC2)N(C(=O)O)C4)nn3C(c2ccccc2)(c2ccccc2)c2ccccc2)c1. The Morgan fingerprint density at radius 2 is 1.43 bits per heavy atom. The van der Waals surface area contributed by atoms with Crippen LogP contribution in [-0.2, 0) is 10.3 Å². The lowest BCUT2D eigenvalue weighted by molar-refractivity contribution is -0.133. The number of carboxylic acid groups (broad SMARTS) is 1. The predicted octanol–water partition coefficient (Wildman–Crippen LogP) is 8.93. The van der Waals surface area contributed by atoms with Crippen LogP contribution in [0.4, 0.5) is 10.6 Å². The van der Waals surface area contributed by atoms with E-state index in [1.165, 1.54) is 4.90 Å². The van der Waals surface area contributed by atoms with Gasteiger partial charge in [0.1, 0.15) is 5.54 Å². The van der Waals surface area contributed by atoms with E-state index in [0.29, 0.717) is 53.0 Å². The molecule has 51 heavy (non-hydrogen) atoms. The fourth-order valence-electron chi connectivity index (χ4n) is 8.20. The van der Waals surface area contributed by atoms with Crippen LogP contribution >= 0.6 is 11.6 Å². The number of anilines is 1. The molecule has 3 fully saturated rings. The standard InChI is InChI=1S/C42H34ClN5O3/c43-36-18-16-28(26-44)24-34(36)29-17-19-37-35(25-29)38(45-39(49)41-22-20-33(21-23-41)47(27-41)40(50)51)46-48(37)42(30-10-4-1-5-11-30,31-12-6-2-7-13-31)32-14-8-3-9-15-32/h1-19,24-25,33H,20-23,27H2,(H,50,51)(H,45,46,49). The number of benzene rings is 5. The summed E-state index contributed by atoms with van der Waals surface area (Å²) in [7, 11) is 0. The van der Waals surface area contributed by atoms with Crippen LogP contribution in [0.3, 0.4) is 0 Å². The van der Waals surface area contributed by atoms with E-state index in [-0.39, 0.29) is 18.5 Å². The predicted molar refractivity (Wildman–Crippen MR) is 198 cm³/mol. The minimum Gasteiger partial charge on any atom is -0.465 e. The van der Waals surface area contributed by atoms with Gasteiger partial charge in [0.15, 0.2) is 5.82 Å². The van der Waals surface area contributed by atoms with E-state index in [1.807, 2.05) is 77.5 Å². The highest BCUT2D eigenvalue weighted by molar-refractivity contribution is 6.33. The van der Waals surface area contributed by atoms with E-state index < -0.39 is 17.0 Å². The molecule has 8 nitrogen and oxygen atoms in total. The van der Waals surface area contributed by atoms with Gasteiger partial charge in [0.25, 0.3) is 0 Å². The molecule has 0 atom stereocenters. The number of halogens is 1. The first kappa shape index (κ1) is 32.3. The maximum atomic E-state index is 14.5. The van der Waals surface area contributed by atoms with Crippen molar-refractivity contribution < 1.29 is 14.7 Å². The van der Waals surface area contributed by atoms with E-state index in [9.17, 15) is 20.0 Å². The summed E-state index contributed by atoms with van der Waals surface area (Å²) < 4.78 is 1.99. The Bertz CT molecular complexity index is 2210. The number of nitrogens with zero attached hydrogens (tertiary/aromatic N) is 4. The quantitative estimate of drug-likeness (QED) is 0.162. The number of rotatable bonds is 7. The summed E-state index contributed by atoms with van der Waals surface area (Å²) in [6.07, 6.45) is 1.51.